The lowest BCUT2D eigenvalue weighted by Crippen LogP contribution is -2.16. The number of nitrogens with one attached hydrogen (secondary N) is 2. The maximum absolute atomic E-state index is 12.2. The van der Waals surface area contributed by atoms with E-state index in [-0.39, 0.29) is 10.2 Å². The van der Waals surface area contributed by atoms with Gasteiger partial charge in [-0.15, -0.1) is 11.3 Å². The van der Waals surface area contributed by atoms with Crippen molar-refractivity contribution in [3.8, 4) is 0 Å². The largest absolute Gasteiger partial charge is 0.476 e. The summed E-state index contributed by atoms with van der Waals surface area (Å²) in [4.78, 5) is 21.4. The van der Waals surface area contributed by atoms with Crippen molar-refractivity contribution in [1.29, 1.82) is 0 Å². The third-order valence-corrected chi connectivity index (χ3v) is 5.31. The highest BCUT2D eigenvalue weighted by Crippen LogP contribution is 2.23. The van der Waals surface area contributed by atoms with Crippen molar-refractivity contribution in [3.63, 3.8) is 0 Å². The third-order valence-electron chi connectivity index (χ3n) is 2.60. The van der Waals surface area contributed by atoms with Crippen LogP contribution in [0.3, 0.4) is 0 Å². The van der Waals surface area contributed by atoms with Gasteiger partial charge in [0.05, 0.1) is 16.5 Å². The number of carbonyl (C=O) groups is 1. The first-order valence-electron chi connectivity index (χ1n) is 5.62. The summed E-state index contributed by atoms with van der Waals surface area (Å²) < 4.78 is 26.3. The molecular formula is C11H8N4O4S2. The molecule has 0 bridgehead atoms. The molecule has 0 aliphatic rings. The standard InChI is InChI=1S/C11H8N4O4S2/c16-9(17)8-10(20-5-12-8)21(18,19)15-11-13-6-3-1-2-4-7(6)14-11/h1-5H,(H,16,17)(H2,13,14,15). The molecule has 0 spiro atoms. The summed E-state index contributed by atoms with van der Waals surface area (Å²) in [6, 6.07) is 7.02. The summed E-state index contributed by atoms with van der Waals surface area (Å²) in [5, 5.41) is 8.93. The van der Waals surface area contributed by atoms with E-state index in [2.05, 4.69) is 19.7 Å². The summed E-state index contributed by atoms with van der Waals surface area (Å²) in [5.74, 6) is -1.39. The highest BCUT2D eigenvalue weighted by atomic mass is 32.2. The van der Waals surface area contributed by atoms with Crippen LogP contribution in [0.25, 0.3) is 11.0 Å². The minimum Gasteiger partial charge on any atom is -0.476 e. The molecule has 0 atom stereocenters. The molecule has 2 aromatic heterocycles. The number of hydrogen-bond acceptors (Lipinski definition) is 6. The quantitative estimate of drug-likeness (QED) is 0.668. The number of sulfonamides is 1. The van der Waals surface area contributed by atoms with Gasteiger partial charge in [-0.1, -0.05) is 12.1 Å². The van der Waals surface area contributed by atoms with E-state index in [1.807, 2.05) is 0 Å². The van der Waals surface area contributed by atoms with Crippen LogP contribution in [0.5, 0.6) is 0 Å². The Morgan fingerprint density at radius 1 is 1.33 bits per heavy atom. The predicted octanol–water partition coefficient (Wildman–Crippen LogP) is 1.52. The fraction of sp³-hybridized carbons (Fsp3) is 0. The number of rotatable bonds is 4. The van der Waals surface area contributed by atoms with Gasteiger partial charge in [-0.3, -0.25) is 0 Å². The van der Waals surface area contributed by atoms with Crippen LogP contribution >= 0.6 is 11.3 Å². The number of nitrogens with zero attached hydrogens (tertiary/aromatic N) is 2. The molecule has 21 heavy (non-hydrogen) atoms. The van der Waals surface area contributed by atoms with Crippen molar-refractivity contribution < 1.29 is 18.3 Å². The number of aromatic nitrogens is 3. The Morgan fingerprint density at radius 3 is 2.81 bits per heavy atom. The molecule has 0 aliphatic heterocycles. The maximum Gasteiger partial charge on any atom is 0.356 e. The summed E-state index contributed by atoms with van der Waals surface area (Å²) in [6.07, 6.45) is 0. The molecule has 0 aliphatic carbocycles. The van der Waals surface area contributed by atoms with Gasteiger partial charge < -0.3 is 10.1 Å². The molecule has 2 heterocycles. The molecule has 0 radical (unpaired) electrons. The topological polar surface area (TPSA) is 125 Å². The zero-order chi connectivity index (χ0) is 15.0. The highest BCUT2D eigenvalue weighted by molar-refractivity contribution is 7.94. The lowest BCUT2D eigenvalue weighted by molar-refractivity contribution is 0.0687. The monoisotopic (exact) mass is 324 g/mol. The van der Waals surface area contributed by atoms with E-state index in [4.69, 9.17) is 5.11 Å². The Labute approximate surface area is 122 Å². The molecular weight excluding hydrogens is 316 g/mol. The van der Waals surface area contributed by atoms with Crippen LogP contribution in [0.2, 0.25) is 0 Å². The second-order valence-corrected chi connectivity index (χ2v) is 6.73. The summed E-state index contributed by atoms with van der Waals surface area (Å²) in [5.41, 5.74) is 1.91. The van der Waals surface area contributed by atoms with Gasteiger partial charge in [-0.2, -0.15) is 0 Å². The number of benzene rings is 1. The Balaban J connectivity index is 1.99. The number of aromatic amines is 1. The molecule has 0 saturated heterocycles. The Kier molecular flexibility index (Phi) is 3.11. The number of fused-ring (bicyclic) bond motifs is 1. The van der Waals surface area contributed by atoms with Crippen molar-refractivity contribution in [3.05, 3.63) is 35.5 Å². The van der Waals surface area contributed by atoms with Crippen molar-refractivity contribution in [1.82, 2.24) is 15.0 Å². The van der Waals surface area contributed by atoms with Crippen molar-refractivity contribution in [2.75, 3.05) is 4.72 Å². The highest BCUT2D eigenvalue weighted by Gasteiger charge is 2.26. The molecule has 108 valence electrons. The summed E-state index contributed by atoms with van der Waals surface area (Å²) in [7, 11) is -4.06. The predicted molar refractivity (Wildman–Crippen MR) is 76.0 cm³/mol. The molecule has 10 heteroatoms. The van der Waals surface area contributed by atoms with Gasteiger partial charge in [0.2, 0.25) is 5.95 Å². The zero-order valence-corrected chi connectivity index (χ0v) is 11.9. The van der Waals surface area contributed by atoms with Gasteiger partial charge in [-0.05, 0) is 12.1 Å². The smallest absolute Gasteiger partial charge is 0.356 e. The Morgan fingerprint density at radius 2 is 2.10 bits per heavy atom. The Hall–Kier alpha value is -2.46. The van der Waals surface area contributed by atoms with Crippen LogP contribution in [0.1, 0.15) is 10.5 Å². The fourth-order valence-electron chi connectivity index (χ4n) is 1.74. The minimum absolute atomic E-state index is 0.0148. The van der Waals surface area contributed by atoms with E-state index in [1.54, 1.807) is 24.3 Å². The van der Waals surface area contributed by atoms with Gasteiger partial charge in [-0.25, -0.2) is 27.9 Å². The van der Waals surface area contributed by atoms with Crippen molar-refractivity contribution in [2.45, 2.75) is 4.21 Å². The van der Waals surface area contributed by atoms with Gasteiger partial charge in [0, 0.05) is 0 Å². The first-order chi connectivity index (χ1) is 9.97. The van der Waals surface area contributed by atoms with E-state index in [0.29, 0.717) is 11.0 Å². The number of carboxylic acid groups (broad SMARTS) is 1. The number of para-hydroxylation sites is 2. The molecule has 0 saturated carbocycles. The van der Waals surface area contributed by atoms with E-state index < -0.39 is 21.7 Å². The van der Waals surface area contributed by atoms with Crippen molar-refractivity contribution >= 4 is 44.3 Å². The number of anilines is 1. The van der Waals surface area contributed by atoms with E-state index in [1.165, 1.54) is 0 Å². The first kappa shape index (κ1) is 13.5. The zero-order valence-electron chi connectivity index (χ0n) is 10.3. The number of aromatic carboxylic acids is 1. The lowest BCUT2D eigenvalue weighted by atomic mass is 10.3. The maximum atomic E-state index is 12.2. The van der Waals surface area contributed by atoms with Gasteiger partial charge in [0.15, 0.2) is 9.90 Å². The normalized spacial score (nSPS) is 11.6. The van der Waals surface area contributed by atoms with Gasteiger partial charge >= 0.3 is 5.97 Å². The van der Waals surface area contributed by atoms with Gasteiger partial charge in [0.25, 0.3) is 10.0 Å². The molecule has 1 aromatic carbocycles. The second kappa shape index (κ2) is 4.82. The van der Waals surface area contributed by atoms with Crippen LogP contribution < -0.4 is 4.72 Å². The summed E-state index contributed by atoms with van der Waals surface area (Å²) >= 11 is 0.727. The SMILES string of the molecule is O=C(O)c1ncsc1S(=O)(=O)Nc1nc2ccccc2[nH]1. The van der Waals surface area contributed by atoms with E-state index in [0.717, 1.165) is 16.8 Å². The summed E-state index contributed by atoms with van der Waals surface area (Å²) in [6.45, 7) is 0. The lowest BCUT2D eigenvalue weighted by Gasteiger charge is -2.02. The minimum atomic E-state index is -4.06. The number of thiazole rings is 1. The molecule has 8 nitrogen and oxygen atoms in total. The van der Waals surface area contributed by atoms with Gasteiger partial charge in [0.1, 0.15) is 0 Å². The average Bonchev–Trinajstić information content (AvgIpc) is 3.04. The van der Waals surface area contributed by atoms with E-state index >= 15 is 0 Å². The van der Waals surface area contributed by atoms with Crippen molar-refractivity contribution in [2.24, 2.45) is 0 Å². The molecule has 0 unspecified atom stereocenters. The molecule has 3 rings (SSSR count). The number of carboxylic acids is 1. The van der Waals surface area contributed by atoms with Crippen LogP contribution in [0, 0.1) is 0 Å². The van der Waals surface area contributed by atoms with Crippen LogP contribution in [-0.2, 0) is 10.0 Å². The third kappa shape index (κ3) is 2.45. The number of H-pyrrole nitrogens is 1. The molecule has 0 fully saturated rings. The number of imidazole rings is 1. The first-order valence-corrected chi connectivity index (χ1v) is 7.98. The molecule has 3 N–H and O–H groups in total. The van der Waals surface area contributed by atoms with Crippen LogP contribution in [-0.4, -0.2) is 34.4 Å². The fourth-order valence-corrected chi connectivity index (χ4v) is 3.85. The second-order valence-electron chi connectivity index (χ2n) is 4.00. The molecule has 3 aromatic rings. The van der Waals surface area contributed by atoms with Crippen LogP contribution in [0.15, 0.2) is 34.0 Å². The number of hydrogen-bond donors (Lipinski definition) is 3. The Bertz CT molecular complexity index is 896. The molecule has 0 amide bonds. The average molecular weight is 324 g/mol. The van der Waals surface area contributed by atoms with Crippen LogP contribution in [0.4, 0.5) is 5.95 Å². The van der Waals surface area contributed by atoms with E-state index in [9.17, 15) is 13.2 Å².